The van der Waals surface area contributed by atoms with Crippen molar-refractivity contribution in [1.82, 2.24) is 10.2 Å². The van der Waals surface area contributed by atoms with E-state index in [1.165, 1.54) is 0 Å². The van der Waals surface area contributed by atoms with Crippen molar-refractivity contribution in [3.63, 3.8) is 0 Å². The summed E-state index contributed by atoms with van der Waals surface area (Å²) in [6.07, 6.45) is -0.0452. The molecule has 2 N–H and O–H groups in total. The molecule has 1 fully saturated rings. The molecule has 16 heavy (non-hydrogen) atoms. The van der Waals surface area contributed by atoms with Crippen LogP contribution in [-0.2, 0) is 4.74 Å². The van der Waals surface area contributed by atoms with Gasteiger partial charge in [0.15, 0.2) is 0 Å². The molecule has 0 aromatic heterocycles. The Balaban J connectivity index is 2.35. The van der Waals surface area contributed by atoms with Gasteiger partial charge in [-0.2, -0.15) is 0 Å². The second-order valence-electron chi connectivity index (χ2n) is 5.34. The molecule has 0 radical (unpaired) electrons. The van der Waals surface area contributed by atoms with E-state index in [9.17, 15) is 5.11 Å². The van der Waals surface area contributed by atoms with Crippen LogP contribution in [0.3, 0.4) is 0 Å². The molecule has 0 saturated carbocycles. The minimum absolute atomic E-state index is 0.102. The Morgan fingerprint density at radius 3 is 2.81 bits per heavy atom. The van der Waals surface area contributed by atoms with E-state index in [0.29, 0.717) is 6.54 Å². The maximum Gasteiger partial charge on any atom is 0.0791 e. The molecule has 1 aliphatic rings. The van der Waals surface area contributed by atoms with Gasteiger partial charge in [0.05, 0.1) is 17.8 Å². The maximum absolute atomic E-state index is 9.84. The number of hydrogen-bond donors (Lipinski definition) is 2. The van der Waals surface area contributed by atoms with Gasteiger partial charge in [0.2, 0.25) is 0 Å². The van der Waals surface area contributed by atoms with Crippen LogP contribution in [0, 0.1) is 0 Å². The fraction of sp³-hybridized carbons (Fsp3) is 1.00. The molecule has 0 aromatic rings. The number of ether oxygens (including phenoxy) is 1. The highest BCUT2D eigenvalue weighted by atomic mass is 16.5. The van der Waals surface area contributed by atoms with Crippen molar-refractivity contribution >= 4 is 0 Å². The number of nitrogens with zero attached hydrogens (tertiary/aromatic N) is 1. The minimum atomic E-state index is -0.291. The van der Waals surface area contributed by atoms with Gasteiger partial charge in [0, 0.05) is 26.2 Å². The average molecular weight is 230 g/mol. The lowest BCUT2D eigenvalue weighted by Crippen LogP contribution is -2.54. The summed E-state index contributed by atoms with van der Waals surface area (Å²) in [5.74, 6) is 0. The van der Waals surface area contributed by atoms with E-state index in [2.05, 4.69) is 31.0 Å². The van der Waals surface area contributed by atoms with Crippen molar-refractivity contribution in [2.75, 3.05) is 32.7 Å². The highest BCUT2D eigenvalue weighted by molar-refractivity contribution is 4.83. The largest absolute Gasteiger partial charge is 0.390 e. The van der Waals surface area contributed by atoms with Gasteiger partial charge in [0.1, 0.15) is 0 Å². The van der Waals surface area contributed by atoms with Gasteiger partial charge in [0.25, 0.3) is 0 Å². The van der Waals surface area contributed by atoms with E-state index in [-0.39, 0.29) is 17.8 Å². The normalized spacial score (nSPS) is 27.9. The quantitative estimate of drug-likeness (QED) is 0.720. The second kappa shape index (κ2) is 5.96. The molecule has 1 aliphatic heterocycles. The van der Waals surface area contributed by atoms with Crippen LogP contribution in [-0.4, -0.2) is 60.5 Å². The van der Waals surface area contributed by atoms with Gasteiger partial charge < -0.3 is 15.2 Å². The first-order chi connectivity index (χ1) is 7.43. The first-order valence-electron chi connectivity index (χ1n) is 6.22. The van der Waals surface area contributed by atoms with Crippen LogP contribution in [0.15, 0.2) is 0 Å². The summed E-state index contributed by atoms with van der Waals surface area (Å²) in [6.45, 7) is 12.4. The lowest BCUT2D eigenvalue weighted by molar-refractivity contribution is -0.133. The summed E-state index contributed by atoms with van der Waals surface area (Å²) in [5.41, 5.74) is -0.102. The third-order valence-corrected chi connectivity index (χ3v) is 2.74. The Morgan fingerprint density at radius 1 is 1.56 bits per heavy atom. The zero-order valence-corrected chi connectivity index (χ0v) is 11.0. The third-order valence-electron chi connectivity index (χ3n) is 2.74. The average Bonchev–Trinajstić information content (AvgIpc) is 2.11. The Hall–Kier alpha value is -0.160. The number of aliphatic hydroxyl groups excluding tert-OH is 1. The number of aliphatic hydroxyl groups is 1. The van der Waals surface area contributed by atoms with Crippen molar-refractivity contribution < 1.29 is 9.84 Å². The molecular weight excluding hydrogens is 204 g/mol. The predicted molar refractivity (Wildman–Crippen MR) is 65.6 cm³/mol. The molecule has 0 aliphatic carbocycles. The monoisotopic (exact) mass is 230 g/mol. The second-order valence-corrected chi connectivity index (χ2v) is 5.34. The summed E-state index contributed by atoms with van der Waals surface area (Å²) >= 11 is 0. The maximum atomic E-state index is 9.84. The van der Waals surface area contributed by atoms with E-state index in [1.54, 1.807) is 0 Å². The van der Waals surface area contributed by atoms with Gasteiger partial charge in [-0.1, -0.05) is 6.92 Å². The Bertz CT molecular complexity index is 209. The van der Waals surface area contributed by atoms with Crippen molar-refractivity contribution in [2.24, 2.45) is 0 Å². The lowest BCUT2D eigenvalue weighted by atomic mass is 10.1. The van der Waals surface area contributed by atoms with Crippen LogP contribution < -0.4 is 5.32 Å². The van der Waals surface area contributed by atoms with Gasteiger partial charge in [-0.15, -0.1) is 0 Å². The molecule has 1 heterocycles. The summed E-state index contributed by atoms with van der Waals surface area (Å²) < 4.78 is 5.83. The van der Waals surface area contributed by atoms with E-state index in [0.717, 1.165) is 26.2 Å². The molecule has 0 aromatic carbocycles. The van der Waals surface area contributed by atoms with Crippen molar-refractivity contribution in [3.05, 3.63) is 0 Å². The molecule has 4 nitrogen and oxygen atoms in total. The summed E-state index contributed by atoms with van der Waals surface area (Å²) in [4.78, 5) is 2.29. The van der Waals surface area contributed by atoms with E-state index in [4.69, 9.17) is 4.74 Å². The molecule has 0 amide bonds. The third kappa shape index (κ3) is 4.78. The van der Waals surface area contributed by atoms with Crippen LogP contribution >= 0.6 is 0 Å². The number of likely N-dealkylation sites (N-methyl/N-ethyl adjacent to an activating group) is 1. The zero-order valence-electron chi connectivity index (χ0n) is 11.0. The van der Waals surface area contributed by atoms with Gasteiger partial charge in [-0.25, -0.2) is 0 Å². The molecule has 1 rings (SSSR count). The van der Waals surface area contributed by atoms with Gasteiger partial charge >= 0.3 is 0 Å². The minimum Gasteiger partial charge on any atom is -0.390 e. The Morgan fingerprint density at radius 2 is 2.25 bits per heavy atom. The standard InChI is InChI=1S/C12H26N2O2/c1-5-13-6-11(15)8-14-7-10(2)16-12(3,4)9-14/h10-11,13,15H,5-9H2,1-4H3. The summed E-state index contributed by atoms with van der Waals surface area (Å²) in [6, 6.07) is 0. The molecule has 2 unspecified atom stereocenters. The predicted octanol–water partition coefficient (Wildman–Crippen LogP) is 0.456. The first-order valence-corrected chi connectivity index (χ1v) is 6.22. The van der Waals surface area contributed by atoms with E-state index < -0.39 is 0 Å². The van der Waals surface area contributed by atoms with Crippen LogP contribution in [0.2, 0.25) is 0 Å². The SMILES string of the molecule is CCNCC(O)CN1CC(C)OC(C)(C)C1. The van der Waals surface area contributed by atoms with Gasteiger partial charge in [-0.3, -0.25) is 4.90 Å². The van der Waals surface area contributed by atoms with Gasteiger partial charge in [-0.05, 0) is 27.3 Å². The molecule has 96 valence electrons. The Labute approximate surface area is 99.0 Å². The van der Waals surface area contributed by atoms with E-state index >= 15 is 0 Å². The fourth-order valence-electron chi connectivity index (χ4n) is 2.40. The Kier molecular flexibility index (Phi) is 5.18. The fourth-order valence-corrected chi connectivity index (χ4v) is 2.40. The number of nitrogens with one attached hydrogen (secondary N) is 1. The molecule has 0 spiro atoms. The molecule has 1 saturated heterocycles. The summed E-state index contributed by atoms with van der Waals surface area (Å²) in [7, 11) is 0. The molecule has 0 bridgehead atoms. The summed E-state index contributed by atoms with van der Waals surface area (Å²) in [5, 5.41) is 13.0. The molecule has 4 heteroatoms. The van der Waals surface area contributed by atoms with Crippen LogP contribution in [0.5, 0.6) is 0 Å². The zero-order chi connectivity index (χ0) is 12.2. The van der Waals surface area contributed by atoms with E-state index in [1.807, 2.05) is 6.92 Å². The number of hydrogen-bond acceptors (Lipinski definition) is 4. The smallest absolute Gasteiger partial charge is 0.0791 e. The lowest BCUT2D eigenvalue weighted by Gasteiger charge is -2.42. The topological polar surface area (TPSA) is 44.7 Å². The highest BCUT2D eigenvalue weighted by Crippen LogP contribution is 2.20. The van der Waals surface area contributed by atoms with Crippen molar-refractivity contribution in [1.29, 1.82) is 0 Å². The van der Waals surface area contributed by atoms with Crippen LogP contribution in [0.1, 0.15) is 27.7 Å². The number of rotatable bonds is 5. The number of β-amino-alcohol motifs (C(OH)–C–C–N with tert-alkyl or cyclic N) is 1. The number of morpholine rings is 1. The van der Waals surface area contributed by atoms with Crippen molar-refractivity contribution in [2.45, 2.75) is 45.5 Å². The molecular formula is C12H26N2O2. The van der Waals surface area contributed by atoms with Crippen LogP contribution in [0.25, 0.3) is 0 Å². The molecule has 2 atom stereocenters. The highest BCUT2D eigenvalue weighted by Gasteiger charge is 2.31. The first kappa shape index (κ1) is 13.9. The van der Waals surface area contributed by atoms with Crippen molar-refractivity contribution in [3.8, 4) is 0 Å². The van der Waals surface area contributed by atoms with Crippen LogP contribution in [0.4, 0.5) is 0 Å².